The summed E-state index contributed by atoms with van der Waals surface area (Å²) in [6.45, 7) is -0.685. The summed E-state index contributed by atoms with van der Waals surface area (Å²) in [5.74, 6) is 0.978. The third-order valence-electron chi connectivity index (χ3n) is 5.29. The van der Waals surface area contributed by atoms with E-state index >= 15 is 0 Å². The summed E-state index contributed by atoms with van der Waals surface area (Å²) in [6.07, 6.45) is 2.45. The first-order chi connectivity index (χ1) is 11.5. The van der Waals surface area contributed by atoms with Gasteiger partial charge in [-0.3, -0.25) is 4.79 Å². The smallest absolute Gasteiger partial charge is 0.272 e. The van der Waals surface area contributed by atoms with Gasteiger partial charge >= 0.3 is 0 Å². The van der Waals surface area contributed by atoms with E-state index in [2.05, 4.69) is 5.32 Å². The molecule has 7 heteroatoms. The second-order valence-electron chi connectivity index (χ2n) is 6.88. The van der Waals surface area contributed by atoms with Crippen LogP contribution >= 0.6 is 12.4 Å². The Bertz CT molecular complexity index is 574. The molecule has 0 heterocycles. The number of rotatable bonds is 5. The Morgan fingerprint density at radius 3 is 2.52 bits per heavy atom. The van der Waals surface area contributed by atoms with E-state index in [0.717, 1.165) is 25.7 Å². The van der Waals surface area contributed by atoms with Gasteiger partial charge in [0.2, 0.25) is 5.91 Å². The van der Waals surface area contributed by atoms with E-state index in [0.29, 0.717) is 17.5 Å². The molecule has 0 saturated heterocycles. The van der Waals surface area contributed by atoms with Crippen molar-refractivity contribution in [2.24, 2.45) is 23.5 Å². The number of para-hydroxylation sites is 2. The fraction of sp³-hybridized carbons (Fsp3) is 0.611. The quantitative estimate of drug-likeness (QED) is 0.822. The van der Waals surface area contributed by atoms with Gasteiger partial charge in [0, 0.05) is 12.0 Å². The number of amides is 1. The number of carbonyl (C=O) groups is 1. The van der Waals surface area contributed by atoms with Crippen LogP contribution in [-0.4, -0.2) is 25.0 Å². The van der Waals surface area contributed by atoms with Crippen LogP contribution in [0.25, 0.3) is 0 Å². The third kappa shape index (κ3) is 4.82. The van der Waals surface area contributed by atoms with Crippen molar-refractivity contribution < 1.29 is 18.3 Å². The zero-order chi connectivity index (χ0) is 17.1. The number of nitrogens with one attached hydrogen (secondary N) is 1. The van der Waals surface area contributed by atoms with Crippen LogP contribution in [-0.2, 0) is 4.79 Å². The third-order valence-corrected chi connectivity index (χ3v) is 5.29. The summed E-state index contributed by atoms with van der Waals surface area (Å²) in [4.78, 5) is 12.6. The molecule has 2 fully saturated rings. The van der Waals surface area contributed by atoms with Gasteiger partial charge < -0.3 is 15.8 Å². The summed E-state index contributed by atoms with van der Waals surface area (Å²) in [6, 6.07) is 6.92. The Kier molecular flexibility index (Phi) is 7.02. The number of hydrogen-bond donors (Lipinski definition) is 2. The van der Waals surface area contributed by atoms with Crippen LogP contribution in [0.1, 0.15) is 32.1 Å². The molecule has 1 amide bonds. The Balaban J connectivity index is 0.00000225. The second kappa shape index (κ2) is 8.81. The van der Waals surface area contributed by atoms with E-state index in [1.165, 1.54) is 6.42 Å². The first-order valence-electron chi connectivity index (χ1n) is 8.61. The average molecular weight is 375 g/mol. The van der Waals surface area contributed by atoms with Gasteiger partial charge in [0.1, 0.15) is 12.4 Å². The largest absolute Gasteiger partial charge is 0.485 e. The maximum atomic E-state index is 12.6. The van der Waals surface area contributed by atoms with Gasteiger partial charge in [-0.2, -0.15) is 0 Å². The van der Waals surface area contributed by atoms with Crippen molar-refractivity contribution in [2.75, 3.05) is 11.9 Å². The van der Waals surface area contributed by atoms with Gasteiger partial charge in [-0.25, -0.2) is 8.78 Å². The Morgan fingerprint density at radius 2 is 1.88 bits per heavy atom. The van der Waals surface area contributed by atoms with Crippen molar-refractivity contribution in [3.05, 3.63) is 24.3 Å². The maximum absolute atomic E-state index is 12.6. The van der Waals surface area contributed by atoms with Crippen LogP contribution in [0.2, 0.25) is 0 Å². The lowest BCUT2D eigenvalue weighted by atomic mass is 9.65. The highest BCUT2D eigenvalue weighted by molar-refractivity contribution is 5.94. The molecule has 2 aliphatic carbocycles. The molecule has 0 radical (unpaired) electrons. The predicted molar refractivity (Wildman–Crippen MR) is 95.3 cm³/mol. The maximum Gasteiger partial charge on any atom is 0.272 e. The summed E-state index contributed by atoms with van der Waals surface area (Å²) in [5, 5.41) is 2.86. The Labute approximate surface area is 152 Å². The number of ether oxygens (including phenoxy) is 1. The molecule has 0 spiro atoms. The second-order valence-corrected chi connectivity index (χ2v) is 6.88. The minimum absolute atomic E-state index is 0. The molecule has 2 aliphatic rings. The van der Waals surface area contributed by atoms with Gasteiger partial charge in [-0.05, 0) is 49.7 Å². The minimum atomic E-state index is -2.55. The summed E-state index contributed by atoms with van der Waals surface area (Å²) >= 11 is 0. The van der Waals surface area contributed by atoms with Crippen molar-refractivity contribution in [3.63, 3.8) is 0 Å². The minimum Gasteiger partial charge on any atom is -0.485 e. The van der Waals surface area contributed by atoms with Crippen molar-refractivity contribution >= 4 is 24.0 Å². The Morgan fingerprint density at radius 1 is 1.24 bits per heavy atom. The molecule has 4 nitrogen and oxygen atoms in total. The van der Waals surface area contributed by atoms with E-state index in [-0.39, 0.29) is 36.0 Å². The average Bonchev–Trinajstić information content (AvgIpc) is 2.53. The molecule has 0 aromatic heterocycles. The SMILES string of the molecule is Cl.NC1C2CCCC1CC(C(=O)Nc1ccccc1OCC(F)F)C2. The highest BCUT2D eigenvalue weighted by Crippen LogP contribution is 2.42. The lowest BCUT2D eigenvalue weighted by Crippen LogP contribution is -2.48. The summed E-state index contributed by atoms with van der Waals surface area (Å²) in [7, 11) is 0. The van der Waals surface area contributed by atoms with Gasteiger partial charge in [0.25, 0.3) is 6.43 Å². The zero-order valence-corrected chi connectivity index (χ0v) is 14.8. The topological polar surface area (TPSA) is 64.4 Å². The molecule has 2 atom stereocenters. The van der Waals surface area contributed by atoms with E-state index in [4.69, 9.17) is 10.5 Å². The van der Waals surface area contributed by atoms with Gasteiger partial charge in [0.15, 0.2) is 0 Å². The van der Waals surface area contributed by atoms with Crippen LogP contribution in [0.15, 0.2) is 24.3 Å². The van der Waals surface area contributed by atoms with Crippen LogP contribution in [0.4, 0.5) is 14.5 Å². The lowest BCUT2D eigenvalue weighted by Gasteiger charge is -2.43. The fourth-order valence-electron chi connectivity index (χ4n) is 4.09. The molecule has 1 aromatic carbocycles. The number of hydrogen-bond acceptors (Lipinski definition) is 3. The van der Waals surface area contributed by atoms with Gasteiger partial charge in [-0.1, -0.05) is 18.6 Å². The van der Waals surface area contributed by atoms with Crippen LogP contribution in [0.5, 0.6) is 5.75 Å². The molecule has 0 aliphatic heterocycles. The monoisotopic (exact) mass is 374 g/mol. The fourth-order valence-corrected chi connectivity index (χ4v) is 4.09. The van der Waals surface area contributed by atoms with Crippen molar-refractivity contribution in [1.82, 2.24) is 0 Å². The first kappa shape index (κ1) is 19.9. The van der Waals surface area contributed by atoms with E-state index in [1.807, 2.05) is 0 Å². The molecule has 1 aromatic rings. The van der Waals surface area contributed by atoms with Crippen molar-refractivity contribution in [3.8, 4) is 5.75 Å². The molecular formula is C18H25ClF2N2O2. The molecular weight excluding hydrogens is 350 g/mol. The van der Waals surface area contributed by atoms with Crippen molar-refractivity contribution in [1.29, 1.82) is 0 Å². The zero-order valence-electron chi connectivity index (χ0n) is 14.0. The van der Waals surface area contributed by atoms with Crippen LogP contribution in [0, 0.1) is 17.8 Å². The normalized spacial score (nSPS) is 28.2. The number of nitrogens with two attached hydrogens (primary N) is 1. The molecule has 2 saturated carbocycles. The molecule has 2 bridgehead atoms. The molecule has 2 unspecified atom stereocenters. The van der Waals surface area contributed by atoms with E-state index in [9.17, 15) is 13.6 Å². The van der Waals surface area contributed by atoms with Crippen LogP contribution in [0.3, 0.4) is 0 Å². The summed E-state index contributed by atoms with van der Waals surface area (Å²) in [5.41, 5.74) is 6.72. The summed E-state index contributed by atoms with van der Waals surface area (Å²) < 4.78 is 29.8. The number of fused-ring (bicyclic) bond motifs is 2. The van der Waals surface area contributed by atoms with Crippen molar-refractivity contribution in [2.45, 2.75) is 44.6 Å². The number of halogens is 3. The van der Waals surface area contributed by atoms with Gasteiger partial charge in [0.05, 0.1) is 5.69 Å². The Hall–Kier alpha value is -1.40. The molecule has 3 N–H and O–H groups in total. The van der Waals surface area contributed by atoms with E-state index in [1.54, 1.807) is 24.3 Å². The first-order valence-corrected chi connectivity index (χ1v) is 8.61. The number of carbonyl (C=O) groups excluding carboxylic acids is 1. The van der Waals surface area contributed by atoms with Gasteiger partial charge in [-0.15, -0.1) is 12.4 Å². The highest BCUT2D eigenvalue weighted by atomic mass is 35.5. The highest BCUT2D eigenvalue weighted by Gasteiger charge is 2.40. The number of anilines is 1. The predicted octanol–water partition coefficient (Wildman–Crippen LogP) is 3.84. The lowest BCUT2D eigenvalue weighted by molar-refractivity contribution is -0.122. The molecule has 3 rings (SSSR count). The molecule has 140 valence electrons. The standard InChI is InChI=1S/C18H24F2N2O2.ClH/c19-16(20)10-24-15-7-2-1-6-14(15)22-18(23)13-8-11-4-3-5-12(9-13)17(11)21;/h1-2,6-7,11-13,16-17H,3-5,8-10,21H2,(H,22,23);1H. The van der Waals surface area contributed by atoms with E-state index < -0.39 is 13.0 Å². The molecule has 25 heavy (non-hydrogen) atoms. The van der Waals surface area contributed by atoms with Crippen LogP contribution < -0.4 is 15.8 Å². The number of benzene rings is 1. The number of alkyl halides is 2.